The van der Waals surface area contributed by atoms with Crippen LogP contribution in [0.15, 0.2) is 18.2 Å². The molecule has 2 rings (SSSR count). The Morgan fingerprint density at radius 2 is 1.85 bits per heavy atom. The average Bonchev–Trinajstić information content (AvgIpc) is 2.45. The Hall–Kier alpha value is -0.960. The van der Waals surface area contributed by atoms with Crippen LogP contribution < -0.4 is 0 Å². The summed E-state index contributed by atoms with van der Waals surface area (Å²) >= 11 is 0. The Bertz CT molecular complexity index is 411. The lowest BCUT2D eigenvalue weighted by molar-refractivity contribution is 0.181. The third-order valence-corrected chi connectivity index (χ3v) is 4.29. The first-order valence-electron chi connectivity index (χ1n) is 7.85. The van der Waals surface area contributed by atoms with Crippen molar-refractivity contribution in [1.29, 1.82) is 0 Å². The van der Waals surface area contributed by atoms with Crippen molar-refractivity contribution in [3.8, 4) is 0 Å². The van der Waals surface area contributed by atoms with E-state index in [-0.39, 0.29) is 0 Å². The molecule has 0 unspecified atom stereocenters. The van der Waals surface area contributed by atoms with Gasteiger partial charge in [0.2, 0.25) is 0 Å². The van der Waals surface area contributed by atoms with E-state index in [4.69, 9.17) is 0 Å². The van der Waals surface area contributed by atoms with Crippen molar-refractivity contribution in [3.63, 3.8) is 0 Å². The summed E-state index contributed by atoms with van der Waals surface area (Å²) in [5.41, 5.74) is 0.924. The molecule has 0 aromatic heterocycles. The van der Waals surface area contributed by atoms with Crippen LogP contribution in [0.3, 0.4) is 0 Å². The molecular formula is C17H25F2N. The number of halogens is 2. The van der Waals surface area contributed by atoms with Gasteiger partial charge in [-0.2, -0.15) is 0 Å². The van der Waals surface area contributed by atoms with Crippen LogP contribution in [0.2, 0.25) is 0 Å². The fraction of sp³-hybridized carbons (Fsp3) is 0.647. The molecular weight excluding hydrogens is 256 g/mol. The van der Waals surface area contributed by atoms with E-state index in [1.165, 1.54) is 50.8 Å². The molecule has 1 aromatic rings. The molecule has 1 aliphatic heterocycles. The zero-order valence-corrected chi connectivity index (χ0v) is 12.4. The Kier molecular flexibility index (Phi) is 5.96. The summed E-state index contributed by atoms with van der Waals surface area (Å²) in [6.45, 7) is 5.75. The molecule has 1 aromatic carbocycles. The second-order valence-electron chi connectivity index (χ2n) is 5.94. The van der Waals surface area contributed by atoms with Gasteiger partial charge < -0.3 is 4.90 Å². The van der Waals surface area contributed by atoms with Gasteiger partial charge in [0.25, 0.3) is 0 Å². The van der Waals surface area contributed by atoms with Gasteiger partial charge in [-0.1, -0.05) is 25.8 Å². The summed E-state index contributed by atoms with van der Waals surface area (Å²) in [5.74, 6) is -0.860. The summed E-state index contributed by atoms with van der Waals surface area (Å²) in [4.78, 5) is 2.54. The first kappa shape index (κ1) is 15.4. The minimum Gasteiger partial charge on any atom is -0.303 e. The van der Waals surface area contributed by atoms with Gasteiger partial charge in [0.1, 0.15) is 0 Å². The van der Waals surface area contributed by atoms with Crippen molar-refractivity contribution in [1.82, 2.24) is 4.90 Å². The maximum Gasteiger partial charge on any atom is 0.159 e. The lowest BCUT2D eigenvalue weighted by Crippen LogP contribution is -2.35. The van der Waals surface area contributed by atoms with E-state index in [0.717, 1.165) is 25.1 Å². The largest absolute Gasteiger partial charge is 0.303 e. The third kappa shape index (κ3) is 4.55. The Morgan fingerprint density at radius 1 is 1.10 bits per heavy atom. The first-order valence-corrected chi connectivity index (χ1v) is 7.85. The van der Waals surface area contributed by atoms with Gasteiger partial charge in [-0.25, -0.2) is 8.78 Å². The van der Waals surface area contributed by atoms with Crippen molar-refractivity contribution in [2.24, 2.45) is 5.92 Å². The van der Waals surface area contributed by atoms with E-state index in [9.17, 15) is 8.78 Å². The van der Waals surface area contributed by atoms with Gasteiger partial charge in [0, 0.05) is 0 Å². The molecule has 1 saturated heterocycles. The number of likely N-dealkylation sites (tertiary alicyclic amines) is 1. The molecule has 1 aliphatic rings. The zero-order chi connectivity index (χ0) is 14.4. The maximum absolute atomic E-state index is 13.2. The monoisotopic (exact) mass is 281 g/mol. The molecule has 1 nitrogen and oxygen atoms in total. The lowest BCUT2D eigenvalue weighted by Gasteiger charge is -2.32. The van der Waals surface area contributed by atoms with E-state index in [0.29, 0.717) is 5.92 Å². The van der Waals surface area contributed by atoms with Gasteiger partial charge >= 0.3 is 0 Å². The van der Waals surface area contributed by atoms with Gasteiger partial charge in [-0.15, -0.1) is 0 Å². The minimum absolute atomic E-state index is 0.613. The van der Waals surface area contributed by atoms with Crippen molar-refractivity contribution in [2.75, 3.05) is 19.6 Å². The molecule has 112 valence electrons. The lowest BCUT2D eigenvalue weighted by atomic mass is 9.90. The Labute approximate surface area is 121 Å². The topological polar surface area (TPSA) is 3.24 Å². The fourth-order valence-corrected chi connectivity index (χ4v) is 3.00. The van der Waals surface area contributed by atoms with Crippen molar-refractivity contribution < 1.29 is 8.78 Å². The number of unbranched alkanes of at least 4 members (excludes halogenated alkanes) is 2. The smallest absolute Gasteiger partial charge is 0.159 e. The number of nitrogens with zero attached hydrogens (tertiary/aromatic N) is 1. The summed E-state index contributed by atoms with van der Waals surface area (Å²) in [6, 6.07) is 4.31. The van der Waals surface area contributed by atoms with Crippen molar-refractivity contribution in [2.45, 2.75) is 45.4 Å². The average molecular weight is 281 g/mol. The predicted molar refractivity (Wildman–Crippen MR) is 78.8 cm³/mol. The van der Waals surface area contributed by atoms with Crippen LogP contribution in [-0.4, -0.2) is 24.5 Å². The van der Waals surface area contributed by atoms with Gasteiger partial charge in [0.15, 0.2) is 11.6 Å². The molecule has 0 N–H and O–H groups in total. The molecule has 0 saturated carbocycles. The quantitative estimate of drug-likeness (QED) is 0.698. The first-order chi connectivity index (χ1) is 9.69. The van der Waals surface area contributed by atoms with Gasteiger partial charge in [-0.3, -0.25) is 0 Å². The van der Waals surface area contributed by atoms with Gasteiger partial charge in [-0.05, 0) is 68.9 Å². The van der Waals surface area contributed by atoms with Crippen molar-refractivity contribution >= 4 is 0 Å². The number of rotatable bonds is 6. The van der Waals surface area contributed by atoms with Crippen LogP contribution in [0.1, 0.15) is 44.6 Å². The second kappa shape index (κ2) is 7.72. The number of benzene rings is 1. The standard InChI is InChI=1S/C17H25F2N/c1-2-3-4-9-20-10-7-14(8-11-20)12-15-5-6-16(18)17(19)13-15/h5-6,13-14H,2-4,7-12H2,1H3. The highest BCUT2D eigenvalue weighted by molar-refractivity contribution is 5.18. The van der Waals surface area contributed by atoms with Crippen LogP contribution in [0.4, 0.5) is 8.78 Å². The maximum atomic E-state index is 13.2. The Balaban J connectivity index is 1.75. The summed E-state index contributed by atoms with van der Waals surface area (Å²) in [7, 11) is 0. The summed E-state index contributed by atoms with van der Waals surface area (Å²) in [5, 5.41) is 0. The molecule has 1 heterocycles. The number of hydrogen-bond donors (Lipinski definition) is 0. The Morgan fingerprint density at radius 3 is 2.50 bits per heavy atom. The SMILES string of the molecule is CCCCCN1CCC(Cc2ccc(F)c(F)c2)CC1. The predicted octanol–water partition coefficient (Wildman–Crippen LogP) is 4.41. The molecule has 0 atom stereocenters. The normalized spacial score (nSPS) is 17.6. The molecule has 20 heavy (non-hydrogen) atoms. The highest BCUT2D eigenvalue weighted by Crippen LogP contribution is 2.22. The highest BCUT2D eigenvalue weighted by atomic mass is 19.2. The van der Waals surface area contributed by atoms with E-state index < -0.39 is 11.6 Å². The zero-order valence-electron chi connectivity index (χ0n) is 12.4. The van der Waals surface area contributed by atoms with Crippen molar-refractivity contribution in [3.05, 3.63) is 35.4 Å². The van der Waals surface area contributed by atoms with E-state index in [2.05, 4.69) is 11.8 Å². The molecule has 3 heteroatoms. The molecule has 0 spiro atoms. The minimum atomic E-state index is -0.750. The summed E-state index contributed by atoms with van der Waals surface area (Å²) < 4.78 is 26.1. The number of hydrogen-bond acceptors (Lipinski definition) is 1. The summed E-state index contributed by atoms with van der Waals surface area (Å²) in [6.07, 6.45) is 7.10. The van der Waals surface area contributed by atoms with E-state index in [1.54, 1.807) is 6.07 Å². The van der Waals surface area contributed by atoms with Crippen LogP contribution in [0.5, 0.6) is 0 Å². The third-order valence-electron chi connectivity index (χ3n) is 4.29. The molecule has 0 bridgehead atoms. The molecule has 0 amide bonds. The van der Waals surface area contributed by atoms with Crippen LogP contribution in [0.25, 0.3) is 0 Å². The number of piperidine rings is 1. The molecule has 0 aliphatic carbocycles. The molecule has 0 radical (unpaired) electrons. The van der Waals surface area contributed by atoms with Crippen LogP contribution in [0, 0.1) is 17.6 Å². The fourth-order valence-electron chi connectivity index (χ4n) is 3.00. The second-order valence-corrected chi connectivity index (χ2v) is 5.94. The van der Waals surface area contributed by atoms with Crippen LogP contribution >= 0.6 is 0 Å². The van der Waals surface area contributed by atoms with E-state index in [1.807, 2.05) is 0 Å². The van der Waals surface area contributed by atoms with Gasteiger partial charge in [0.05, 0.1) is 0 Å². The molecule has 1 fully saturated rings. The van der Waals surface area contributed by atoms with Crippen LogP contribution in [-0.2, 0) is 6.42 Å². The highest BCUT2D eigenvalue weighted by Gasteiger charge is 2.19. The van der Waals surface area contributed by atoms with E-state index >= 15 is 0 Å².